The van der Waals surface area contributed by atoms with E-state index in [1.807, 2.05) is 0 Å². The summed E-state index contributed by atoms with van der Waals surface area (Å²) in [6.07, 6.45) is 7.05. The molecule has 0 bridgehead atoms. The zero-order valence-corrected chi connectivity index (χ0v) is 8.22. The molecule has 0 radical (unpaired) electrons. The Kier molecular flexibility index (Phi) is 2.99. The Bertz CT molecular complexity index is 179. The molecule has 0 atom stereocenters. The summed E-state index contributed by atoms with van der Waals surface area (Å²) in [5.41, 5.74) is 0. The van der Waals surface area contributed by atoms with E-state index in [-0.39, 0.29) is 0 Å². The number of nitrogens with one attached hydrogen (secondary N) is 1. The van der Waals surface area contributed by atoms with E-state index in [9.17, 15) is 4.79 Å². The molecule has 1 heterocycles. The summed E-state index contributed by atoms with van der Waals surface area (Å²) >= 11 is 0. The zero-order valence-electron chi connectivity index (χ0n) is 8.22. The molecule has 2 heteroatoms. The van der Waals surface area contributed by atoms with Gasteiger partial charge in [-0.25, -0.2) is 0 Å². The molecule has 1 aliphatic heterocycles. The normalized spacial score (nSPS) is 26.5. The van der Waals surface area contributed by atoms with E-state index in [1.54, 1.807) is 0 Å². The quantitative estimate of drug-likeness (QED) is 0.703. The number of piperidine rings is 1. The van der Waals surface area contributed by atoms with Gasteiger partial charge >= 0.3 is 0 Å². The highest BCUT2D eigenvalue weighted by atomic mass is 16.1. The van der Waals surface area contributed by atoms with Crippen molar-refractivity contribution in [3.05, 3.63) is 0 Å². The van der Waals surface area contributed by atoms with E-state index in [2.05, 4.69) is 5.32 Å². The zero-order chi connectivity index (χ0) is 9.10. The van der Waals surface area contributed by atoms with Crippen molar-refractivity contribution >= 4 is 5.78 Å². The summed E-state index contributed by atoms with van der Waals surface area (Å²) in [6.45, 7) is 2.09. The first-order valence-corrected chi connectivity index (χ1v) is 5.62. The van der Waals surface area contributed by atoms with Gasteiger partial charge in [0.05, 0.1) is 0 Å². The SMILES string of the molecule is O=C(C1CCCC1)C1CCNCC1. The van der Waals surface area contributed by atoms with Gasteiger partial charge in [-0.2, -0.15) is 0 Å². The molecule has 2 nitrogen and oxygen atoms in total. The van der Waals surface area contributed by atoms with Crippen molar-refractivity contribution in [1.29, 1.82) is 0 Å². The highest BCUT2D eigenvalue weighted by Gasteiger charge is 2.29. The molecule has 0 aromatic rings. The van der Waals surface area contributed by atoms with E-state index in [4.69, 9.17) is 0 Å². The van der Waals surface area contributed by atoms with Crippen LogP contribution in [0.3, 0.4) is 0 Å². The van der Waals surface area contributed by atoms with Crippen LogP contribution < -0.4 is 5.32 Å². The van der Waals surface area contributed by atoms with E-state index >= 15 is 0 Å². The molecule has 1 N–H and O–H groups in total. The van der Waals surface area contributed by atoms with Crippen LogP contribution in [-0.2, 0) is 4.79 Å². The molecular weight excluding hydrogens is 162 g/mol. The largest absolute Gasteiger partial charge is 0.317 e. The van der Waals surface area contributed by atoms with Gasteiger partial charge < -0.3 is 5.32 Å². The van der Waals surface area contributed by atoms with Gasteiger partial charge in [-0.05, 0) is 38.8 Å². The molecule has 1 aliphatic carbocycles. The van der Waals surface area contributed by atoms with Crippen LogP contribution in [0.2, 0.25) is 0 Å². The first-order valence-electron chi connectivity index (χ1n) is 5.62. The Hall–Kier alpha value is -0.370. The number of Topliss-reactive ketones (excluding diaryl/α,β-unsaturated/α-hetero) is 1. The molecule has 1 saturated heterocycles. The molecule has 2 fully saturated rings. The van der Waals surface area contributed by atoms with Gasteiger partial charge in [0.1, 0.15) is 5.78 Å². The van der Waals surface area contributed by atoms with Crippen molar-refractivity contribution in [3.8, 4) is 0 Å². The van der Waals surface area contributed by atoms with Crippen LogP contribution in [0.4, 0.5) is 0 Å². The summed E-state index contributed by atoms with van der Waals surface area (Å²) in [5, 5.41) is 3.31. The minimum atomic E-state index is 0.393. The Morgan fingerprint density at radius 1 is 0.923 bits per heavy atom. The second-order valence-electron chi connectivity index (χ2n) is 4.41. The van der Waals surface area contributed by atoms with Gasteiger partial charge in [-0.1, -0.05) is 12.8 Å². The number of ketones is 1. The van der Waals surface area contributed by atoms with E-state index < -0.39 is 0 Å². The van der Waals surface area contributed by atoms with Crippen LogP contribution in [-0.4, -0.2) is 18.9 Å². The minimum Gasteiger partial charge on any atom is -0.317 e. The fraction of sp³-hybridized carbons (Fsp3) is 0.909. The second-order valence-corrected chi connectivity index (χ2v) is 4.41. The maximum absolute atomic E-state index is 12.0. The van der Waals surface area contributed by atoms with Gasteiger partial charge in [-0.3, -0.25) is 4.79 Å². The number of hydrogen-bond donors (Lipinski definition) is 1. The predicted molar refractivity (Wildman–Crippen MR) is 52.6 cm³/mol. The third-order valence-corrected chi connectivity index (χ3v) is 3.50. The van der Waals surface area contributed by atoms with E-state index in [0.717, 1.165) is 25.9 Å². The van der Waals surface area contributed by atoms with Crippen molar-refractivity contribution in [1.82, 2.24) is 5.32 Å². The van der Waals surface area contributed by atoms with E-state index in [1.165, 1.54) is 25.7 Å². The molecular formula is C11H19NO. The molecule has 2 aliphatic rings. The molecule has 13 heavy (non-hydrogen) atoms. The lowest BCUT2D eigenvalue weighted by Crippen LogP contribution is -2.34. The lowest BCUT2D eigenvalue weighted by molar-refractivity contribution is -0.127. The fourth-order valence-electron chi connectivity index (χ4n) is 2.65. The van der Waals surface area contributed by atoms with Crippen LogP contribution in [0.15, 0.2) is 0 Å². The fourth-order valence-corrected chi connectivity index (χ4v) is 2.65. The maximum atomic E-state index is 12.0. The average Bonchev–Trinajstić information content (AvgIpc) is 2.71. The Labute approximate surface area is 80.1 Å². The summed E-state index contributed by atoms with van der Waals surface area (Å²) in [5.74, 6) is 1.41. The monoisotopic (exact) mass is 181 g/mol. The molecule has 74 valence electrons. The van der Waals surface area contributed by atoms with Crippen molar-refractivity contribution in [2.75, 3.05) is 13.1 Å². The molecule has 0 amide bonds. The molecule has 2 rings (SSSR count). The summed E-state index contributed by atoms with van der Waals surface area (Å²) in [6, 6.07) is 0. The lowest BCUT2D eigenvalue weighted by atomic mass is 9.85. The molecule has 0 unspecified atom stereocenters. The lowest BCUT2D eigenvalue weighted by Gasteiger charge is -2.23. The van der Waals surface area contributed by atoms with Crippen molar-refractivity contribution < 1.29 is 4.79 Å². The maximum Gasteiger partial charge on any atom is 0.139 e. The smallest absolute Gasteiger partial charge is 0.139 e. The van der Waals surface area contributed by atoms with Gasteiger partial charge in [0.15, 0.2) is 0 Å². The Morgan fingerprint density at radius 2 is 1.46 bits per heavy atom. The first-order chi connectivity index (χ1) is 6.38. The third kappa shape index (κ3) is 2.11. The molecule has 0 aromatic heterocycles. The summed E-state index contributed by atoms with van der Waals surface area (Å²) in [4.78, 5) is 12.0. The highest BCUT2D eigenvalue weighted by molar-refractivity contribution is 5.83. The Morgan fingerprint density at radius 3 is 2.08 bits per heavy atom. The molecule has 0 aromatic carbocycles. The number of hydrogen-bond acceptors (Lipinski definition) is 2. The Balaban J connectivity index is 1.87. The molecule has 1 saturated carbocycles. The molecule has 0 spiro atoms. The van der Waals surface area contributed by atoms with Gasteiger partial charge in [0.2, 0.25) is 0 Å². The van der Waals surface area contributed by atoms with Crippen LogP contribution in [0.5, 0.6) is 0 Å². The van der Waals surface area contributed by atoms with Gasteiger partial charge in [-0.15, -0.1) is 0 Å². The van der Waals surface area contributed by atoms with Crippen molar-refractivity contribution in [2.24, 2.45) is 11.8 Å². The summed E-state index contributed by atoms with van der Waals surface area (Å²) < 4.78 is 0. The first kappa shape index (κ1) is 9.20. The second kappa shape index (κ2) is 4.23. The average molecular weight is 181 g/mol. The van der Waals surface area contributed by atoms with Crippen LogP contribution in [0.25, 0.3) is 0 Å². The topological polar surface area (TPSA) is 29.1 Å². The minimum absolute atomic E-state index is 0.393. The van der Waals surface area contributed by atoms with Gasteiger partial charge in [0.25, 0.3) is 0 Å². The number of rotatable bonds is 2. The van der Waals surface area contributed by atoms with Crippen LogP contribution in [0, 0.1) is 11.8 Å². The third-order valence-electron chi connectivity index (χ3n) is 3.50. The van der Waals surface area contributed by atoms with Gasteiger partial charge in [0, 0.05) is 11.8 Å². The highest BCUT2D eigenvalue weighted by Crippen LogP contribution is 2.30. The number of carbonyl (C=O) groups is 1. The van der Waals surface area contributed by atoms with E-state index in [0.29, 0.717) is 17.6 Å². The summed E-state index contributed by atoms with van der Waals surface area (Å²) in [7, 11) is 0. The van der Waals surface area contributed by atoms with Crippen LogP contribution in [0.1, 0.15) is 38.5 Å². The van der Waals surface area contributed by atoms with Crippen molar-refractivity contribution in [3.63, 3.8) is 0 Å². The standard InChI is InChI=1S/C11H19NO/c13-11(9-3-1-2-4-9)10-5-7-12-8-6-10/h9-10,12H,1-8H2. The van der Waals surface area contributed by atoms with Crippen molar-refractivity contribution in [2.45, 2.75) is 38.5 Å². The predicted octanol–water partition coefficient (Wildman–Crippen LogP) is 1.75. The number of carbonyl (C=O) groups excluding carboxylic acids is 1. The van der Waals surface area contributed by atoms with Crippen LogP contribution >= 0.6 is 0 Å².